The molecule has 1 aliphatic rings. The Morgan fingerprint density at radius 1 is 1.31 bits per heavy atom. The molecule has 2 rings (SSSR count). The fourth-order valence-electron chi connectivity index (χ4n) is 2.74. The van der Waals surface area contributed by atoms with Crippen molar-refractivity contribution in [3.8, 4) is 11.5 Å². The van der Waals surface area contributed by atoms with Crippen molar-refractivity contribution in [2.75, 3.05) is 20.2 Å². The van der Waals surface area contributed by atoms with Gasteiger partial charge >= 0.3 is 18.8 Å². The third kappa shape index (κ3) is 3.37. The Balaban J connectivity index is 2.38. The van der Waals surface area contributed by atoms with Crippen LogP contribution < -0.4 is 9.47 Å². The molecule has 0 aliphatic carbocycles. The zero-order chi connectivity index (χ0) is 19.7. The van der Waals surface area contributed by atoms with Gasteiger partial charge in [-0.1, -0.05) is 6.07 Å². The summed E-state index contributed by atoms with van der Waals surface area (Å²) in [6.07, 6.45) is -5.92. The molecule has 0 spiro atoms. The minimum atomic E-state index is -5.08. The second kappa shape index (κ2) is 6.96. The van der Waals surface area contributed by atoms with Crippen LogP contribution in [0.4, 0.5) is 22.0 Å². The maximum absolute atomic E-state index is 13.2. The van der Waals surface area contributed by atoms with E-state index < -0.39 is 60.9 Å². The average molecular weight is 383 g/mol. The largest absolute Gasteiger partial charge is 0.493 e. The monoisotopic (exact) mass is 383 g/mol. The smallest absolute Gasteiger partial charge is 0.406 e. The van der Waals surface area contributed by atoms with Gasteiger partial charge in [-0.05, 0) is 18.6 Å². The third-order valence-electron chi connectivity index (χ3n) is 4.14. The lowest BCUT2D eigenvalue weighted by Crippen LogP contribution is -2.47. The first-order valence-electron chi connectivity index (χ1n) is 7.24. The summed E-state index contributed by atoms with van der Waals surface area (Å²) >= 11 is 0. The van der Waals surface area contributed by atoms with Crippen LogP contribution in [-0.2, 0) is 4.79 Å². The van der Waals surface area contributed by atoms with Crippen molar-refractivity contribution in [3.05, 3.63) is 23.8 Å². The minimum Gasteiger partial charge on any atom is -0.493 e. The zero-order valence-corrected chi connectivity index (χ0v) is 13.3. The van der Waals surface area contributed by atoms with Crippen LogP contribution in [0, 0.1) is 5.41 Å². The number of benzene rings is 1. The molecule has 1 saturated heterocycles. The summed E-state index contributed by atoms with van der Waals surface area (Å²) in [7, 11) is 1.14. The van der Waals surface area contributed by atoms with Crippen LogP contribution >= 0.6 is 0 Å². The second-order valence-electron chi connectivity index (χ2n) is 5.58. The number of hydrogen-bond acceptors (Lipinski definition) is 4. The molecule has 11 heteroatoms. The number of ether oxygens (including phenoxy) is 2. The first-order valence-corrected chi connectivity index (χ1v) is 7.24. The number of aliphatic carboxylic acids is 1. The van der Waals surface area contributed by atoms with E-state index in [4.69, 9.17) is 9.84 Å². The Morgan fingerprint density at radius 3 is 2.42 bits per heavy atom. The predicted octanol–water partition coefficient (Wildman–Crippen LogP) is 2.78. The van der Waals surface area contributed by atoms with E-state index in [1.165, 1.54) is 12.1 Å². The number of alkyl halides is 5. The Labute approximate surface area is 144 Å². The Hall–Kier alpha value is -2.59. The van der Waals surface area contributed by atoms with E-state index in [-0.39, 0.29) is 5.75 Å². The molecule has 0 saturated carbocycles. The van der Waals surface area contributed by atoms with E-state index >= 15 is 0 Å². The van der Waals surface area contributed by atoms with Crippen molar-refractivity contribution >= 4 is 11.9 Å². The number of para-hydroxylation sites is 1. The average Bonchev–Trinajstić information content (AvgIpc) is 3.00. The fraction of sp³-hybridized carbons (Fsp3) is 0.467. The lowest BCUT2D eigenvalue weighted by Gasteiger charge is -2.27. The minimum absolute atomic E-state index is 0.212. The van der Waals surface area contributed by atoms with Crippen molar-refractivity contribution in [3.63, 3.8) is 0 Å². The first kappa shape index (κ1) is 19.7. The quantitative estimate of drug-likeness (QED) is 0.792. The van der Waals surface area contributed by atoms with Crippen LogP contribution in [-0.4, -0.2) is 54.9 Å². The molecule has 1 amide bonds. The summed E-state index contributed by atoms with van der Waals surface area (Å²) in [6, 6.07) is 3.58. The molecule has 1 aromatic rings. The van der Waals surface area contributed by atoms with Crippen molar-refractivity contribution < 1.29 is 46.1 Å². The molecule has 1 aliphatic heterocycles. The summed E-state index contributed by atoms with van der Waals surface area (Å²) in [4.78, 5) is 24.4. The van der Waals surface area contributed by atoms with E-state index in [1.807, 2.05) is 0 Å². The summed E-state index contributed by atoms with van der Waals surface area (Å²) in [5.74, 6) is -4.01. The molecule has 1 unspecified atom stereocenters. The van der Waals surface area contributed by atoms with Gasteiger partial charge in [-0.2, -0.15) is 22.0 Å². The number of carbonyl (C=O) groups is 2. The standard InChI is InChI=1S/C15H14F5NO5/c1-25-9-4-2-3-8(10(9)26-13(16)17)11(22)21-6-5-14(7-21,12(23)24)15(18,19)20/h2-4,13H,5-7H2,1H3,(H,23,24). The van der Waals surface area contributed by atoms with Gasteiger partial charge in [0.15, 0.2) is 16.9 Å². The van der Waals surface area contributed by atoms with Gasteiger partial charge in [0.1, 0.15) is 0 Å². The molecular weight excluding hydrogens is 369 g/mol. The fourth-order valence-corrected chi connectivity index (χ4v) is 2.74. The van der Waals surface area contributed by atoms with Crippen molar-refractivity contribution in [2.24, 2.45) is 5.41 Å². The SMILES string of the molecule is COc1cccc(C(=O)N2CCC(C(=O)O)(C(F)(F)F)C2)c1OC(F)F. The summed E-state index contributed by atoms with van der Waals surface area (Å²) in [5.41, 5.74) is -3.56. The maximum Gasteiger partial charge on any atom is 0.406 e. The summed E-state index contributed by atoms with van der Waals surface area (Å²) in [5, 5.41) is 9.02. The van der Waals surface area contributed by atoms with E-state index in [1.54, 1.807) is 0 Å². The lowest BCUT2D eigenvalue weighted by molar-refractivity contribution is -0.227. The van der Waals surface area contributed by atoms with Crippen molar-refractivity contribution in [1.82, 2.24) is 4.90 Å². The summed E-state index contributed by atoms with van der Waals surface area (Å²) < 4.78 is 74.0. The Kier molecular flexibility index (Phi) is 5.28. The number of nitrogens with zero attached hydrogens (tertiary/aromatic N) is 1. The van der Waals surface area contributed by atoms with E-state index in [9.17, 15) is 31.5 Å². The molecule has 144 valence electrons. The van der Waals surface area contributed by atoms with Gasteiger partial charge < -0.3 is 19.5 Å². The molecule has 1 aromatic carbocycles. The molecule has 1 atom stereocenters. The van der Waals surface area contributed by atoms with Gasteiger partial charge in [0, 0.05) is 13.1 Å². The number of methoxy groups -OCH3 is 1. The molecule has 1 fully saturated rings. The van der Waals surface area contributed by atoms with Crippen LogP contribution in [0.5, 0.6) is 11.5 Å². The topological polar surface area (TPSA) is 76.1 Å². The highest BCUT2D eigenvalue weighted by Gasteiger charge is 2.64. The Bertz CT molecular complexity index is 708. The van der Waals surface area contributed by atoms with E-state index in [0.29, 0.717) is 4.90 Å². The molecule has 6 nitrogen and oxygen atoms in total. The van der Waals surface area contributed by atoms with E-state index in [0.717, 1.165) is 13.2 Å². The molecule has 0 aromatic heterocycles. The van der Waals surface area contributed by atoms with Crippen LogP contribution in [0.1, 0.15) is 16.8 Å². The number of hydrogen-bond donors (Lipinski definition) is 1. The van der Waals surface area contributed by atoms with Crippen LogP contribution in [0.3, 0.4) is 0 Å². The highest BCUT2D eigenvalue weighted by Crippen LogP contribution is 2.46. The van der Waals surface area contributed by atoms with Crippen LogP contribution in [0.2, 0.25) is 0 Å². The normalized spacial score (nSPS) is 20.3. The van der Waals surface area contributed by atoms with Gasteiger partial charge in [0.25, 0.3) is 5.91 Å². The van der Waals surface area contributed by atoms with Gasteiger partial charge in [0.2, 0.25) is 0 Å². The molecule has 0 bridgehead atoms. The number of carboxylic acid groups (broad SMARTS) is 1. The van der Waals surface area contributed by atoms with Gasteiger partial charge in [-0.3, -0.25) is 9.59 Å². The highest BCUT2D eigenvalue weighted by molar-refractivity contribution is 5.98. The first-order chi connectivity index (χ1) is 12.0. The molecule has 26 heavy (non-hydrogen) atoms. The predicted molar refractivity (Wildman–Crippen MR) is 76.3 cm³/mol. The number of likely N-dealkylation sites (tertiary alicyclic amines) is 1. The highest BCUT2D eigenvalue weighted by atomic mass is 19.4. The number of halogens is 5. The molecule has 0 radical (unpaired) electrons. The number of carboxylic acids is 1. The van der Waals surface area contributed by atoms with Gasteiger partial charge in [0.05, 0.1) is 12.7 Å². The summed E-state index contributed by atoms with van der Waals surface area (Å²) in [6.45, 7) is -4.93. The number of rotatable bonds is 5. The second-order valence-corrected chi connectivity index (χ2v) is 5.58. The van der Waals surface area contributed by atoms with Gasteiger partial charge in [-0.15, -0.1) is 0 Å². The third-order valence-corrected chi connectivity index (χ3v) is 4.14. The van der Waals surface area contributed by atoms with Crippen molar-refractivity contribution in [1.29, 1.82) is 0 Å². The van der Waals surface area contributed by atoms with Crippen LogP contribution in [0.15, 0.2) is 18.2 Å². The Morgan fingerprint density at radius 2 is 1.96 bits per heavy atom. The van der Waals surface area contributed by atoms with Gasteiger partial charge in [-0.25, -0.2) is 0 Å². The number of carbonyl (C=O) groups excluding carboxylic acids is 1. The van der Waals surface area contributed by atoms with Crippen LogP contribution in [0.25, 0.3) is 0 Å². The zero-order valence-electron chi connectivity index (χ0n) is 13.3. The van der Waals surface area contributed by atoms with E-state index in [2.05, 4.69) is 4.74 Å². The molecule has 1 heterocycles. The van der Waals surface area contributed by atoms with Crippen molar-refractivity contribution in [2.45, 2.75) is 19.2 Å². The lowest BCUT2D eigenvalue weighted by atomic mass is 9.86. The molecule has 1 N–H and O–H groups in total. The number of amides is 1. The molecular formula is C15H14F5NO5. The maximum atomic E-state index is 13.2.